The Bertz CT molecular complexity index is 820. The summed E-state index contributed by atoms with van der Waals surface area (Å²) in [4.78, 5) is 22.1. The van der Waals surface area contributed by atoms with Crippen LogP contribution in [0.15, 0.2) is 60.3 Å². The molecule has 2 rings (SSSR count). The number of benzene rings is 2. The zero-order chi connectivity index (χ0) is 17.5. The van der Waals surface area contributed by atoms with Crippen molar-refractivity contribution >= 4 is 28.7 Å². The summed E-state index contributed by atoms with van der Waals surface area (Å²) in [7, 11) is 0. The largest absolute Gasteiger partial charge is 0.399 e. The second-order valence-corrected chi connectivity index (χ2v) is 4.69. The third-order valence-electron chi connectivity index (χ3n) is 2.99. The molecule has 0 spiro atoms. The summed E-state index contributed by atoms with van der Waals surface area (Å²) in [5, 5.41) is 25.0. The predicted molar refractivity (Wildman–Crippen MR) is 89.9 cm³/mol. The molecule has 8 nitrogen and oxygen atoms in total. The number of nitriles is 1. The number of amides is 1. The first kappa shape index (κ1) is 16.5. The minimum Gasteiger partial charge on any atom is -0.399 e. The second-order valence-electron chi connectivity index (χ2n) is 4.69. The summed E-state index contributed by atoms with van der Waals surface area (Å²) < 4.78 is 0. The number of nitrogens with zero attached hydrogens (tertiary/aromatic N) is 2. The smallest absolute Gasteiger partial charge is 0.269 e. The van der Waals surface area contributed by atoms with Crippen molar-refractivity contribution in [1.82, 2.24) is 0 Å². The van der Waals surface area contributed by atoms with Gasteiger partial charge in [0.25, 0.3) is 11.6 Å². The van der Waals surface area contributed by atoms with Gasteiger partial charge in [-0.25, -0.2) is 0 Å². The summed E-state index contributed by atoms with van der Waals surface area (Å²) >= 11 is 0. The molecule has 24 heavy (non-hydrogen) atoms. The molecule has 0 aliphatic heterocycles. The van der Waals surface area contributed by atoms with Crippen molar-refractivity contribution in [2.75, 3.05) is 16.4 Å². The Kier molecular flexibility index (Phi) is 5.10. The molecule has 0 unspecified atom stereocenters. The van der Waals surface area contributed by atoms with E-state index in [1.807, 2.05) is 0 Å². The molecule has 0 heterocycles. The van der Waals surface area contributed by atoms with Crippen LogP contribution in [0.25, 0.3) is 0 Å². The first-order valence-corrected chi connectivity index (χ1v) is 6.78. The van der Waals surface area contributed by atoms with Crippen molar-refractivity contribution in [3.05, 3.63) is 70.4 Å². The van der Waals surface area contributed by atoms with Gasteiger partial charge in [-0.05, 0) is 36.4 Å². The van der Waals surface area contributed by atoms with Crippen LogP contribution in [0, 0.1) is 21.4 Å². The van der Waals surface area contributed by atoms with Gasteiger partial charge in [-0.3, -0.25) is 14.9 Å². The van der Waals surface area contributed by atoms with Crippen LogP contribution in [-0.4, -0.2) is 10.8 Å². The Morgan fingerprint density at radius 2 is 1.71 bits per heavy atom. The summed E-state index contributed by atoms with van der Waals surface area (Å²) in [6.45, 7) is 0. The fraction of sp³-hybridized carbons (Fsp3) is 0. The number of carbonyl (C=O) groups is 1. The molecular formula is C16H13N5O3. The molecule has 0 atom stereocenters. The lowest BCUT2D eigenvalue weighted by molar-refractivity contribution is -0.384. The van der Waals surface area contributed by atoms with Crippen molar-refractivity contribution in [2.45, 2.75) is 0 Å². The van der Waals surface area contributed by atoms with Crippen LogP contribution in [-0.2, 0) is 4.79 Å². The van der Waals surface area contributed by atoms with Crippen molar-refractivity contribution in [1.29, 1.82) is 5.26 Å². The predicted octanol–water partition coefficient (Wildman–Crippen LogP) is 2.64. The fourth-order valence-corrected chi connectivity index (χ4v) is 1.75. The first-order valence-electron chi connectivity index (χ1n) is 6.78. The molecular weight excluding hydrogens is 310 g/mol. The van der Waals surface area contributed by atoms with Gasteiger partial charge in [0, 0.05) is 35.4 Å². The second kappa shape index (κ2) is 7.42. The molecule has 0 bridgehead atoms. The number of anilines is 3. The maximum Gasteiger partial charge on any atom is 0.269 e. The molecule has 1 amide bonds. The van der Waals surface area contributed by atoms with E-state index in [0.717, 1.165) is 0 Å². The zero-order valence-corrected chi connectivity index (χ0v) is 12.4. The number of nitro benzene ring substituents is 1. The average Bonchev–Trinajstić information content (AvgIpc) is 2.58. The standard InChI is InChI=1S/C16H13N5O3/c17-9-11(16(22)20-14-3-1-12(18)2-4-14)10-19-13-5-7-15(8-6-13)21(23)24/h1-8,10,19H,18H2,(H,20,22)/b11-10-. The number of nitrogen functional groups attached to an aromatic ring is 1. The van der Waals surface area contributed by atoms with E-state index in [1.54, 1.807) is 30.3 Å². The highest BCUT2D eigenvalue weighted by atomic mass is 16.6. The van der Waals surface area contributed by atoms with Gasteiger partial charge in [0.15, 0.2) is 0 Å². The monoisotopic (exact) mass is 323 g/mol. The third kappa shape index (κ3) is 4.32. The molecule has 120 valence electrons. The summed E-state index contributed by atoms with van der Waals surface area (Å²) in [6.07, 6.45) is 1.23. The highest BCUT2D eigenvalue weighted by molar-refractivity contribution is 6.06. The average molecular weight is 323 g/mol. The minimum absolute atomic E-state index is 0.0499. The number of carbonyl (C=O) groups excluding carboxylic acids is 1. The Morgan fingerprint density at radius 1 is 1.12 bits per heavy atom. The summed E-state index contributed by atoms with van der Waals surface area (Å²) in [5.41, 5.74) is 6.93. The van der Waals surface area contributed by atoms with Crippen LogP contribution in [0.4, 0.5) is 22.7 Å². The molecule has 4 N–H and O–H groups in total. The van der Waals surface area contributed by atoms with Gasteiger partial charge >= 0.3 is 0 Å². The van der Waals surface area contributed by atoms with Gasteiger partial charge in [0.1, 0.15) is 11.6 Å². The molecule has 0 aromatic heterocycles. The number of nitro groups is 1. The lowest BCUT2D eigenvalue weighted by Gasteiger charge is -2.05. The topological polar surface area (TPSA) is 134 Å². The van der Waals surface area contributed by atoms with E-state index in [0.29, 0.717) is 17.1 Å². The van der Waals surface area contributed by atoms with Crippen molar-refractivity contribution in [3.63, 3.8) is 0 Å². The van der Waals surface area contributed by atoms with Gasteiger partial charge in [0.05, 0.1) is 4.92 Å². The first-order chi connectivity index (χ1) is 11.5. The molecule has 0 aliphatic rings. The molecule has 0 saturated carbocycles. The third-order valence-corrected chi connectivity index (χ3v) is 2.99. The summed E-state index contributed by atoms with van der Waals surface area (Å²) in [5.74, 6) is -0.586. The Morgan fingerprint density at radius 3 is 2.25 bits per heavy atom. The van der Waals surface area contributed by atoms with Crippen LogP contribution < -0.4 is 16.4 Å². The number of non-ortho nitro benzene ring substituents is 1. The molecule has 8 heteroatoms. The molecule has 0 radical (unpaired) electrons. The zero-order valence-electron chi connectivity index (χ0n) is 12.4. The van der Waals surface area contributed by atoms with Crippen LogP contribution in [0.2, 0.25) is 0 Å². The van der Waals surface area contributed by atoms with Crippen molar-refractivity contribution in [3.8, 4) is 6.07 Å². The van der Waals surface area contributed by atoms with E-state index >= 15 is 0 Å². The van der Waals surface area contributed by atoms with Gasteiger partial charge in [-0.2, -0.15) is 5.26 Å². The maximum atomic E-state index is 12.0. The van der Waals surface area contributed by atoms with E-state index in [2.05, 4.69) is 10.6 Å². The van der Waals surface area contributed by atoms with E-state index < -0.39 is 10.8 Å². The quantitative estimate of drug-likeness (QED) is 0.254. The number of hydrogen-bond acceptors (Lipinski definition) is 6. The molecule has 0 fully saturated rings. The number of hydrogen-bond donors (Lipinski definition) is 3. The lowest BCUT2D eigenvalue weighted by Crippen LogP contribution is -2.14. The van der Waals surface area contributed by atoms with Gasteiger partial charge in [-0.15, -0.1) is 0 Å². The van der Waals surface area contributed by atoms with Crippen LogP contribution in [0.1, 0.15) is 0 Å². The maximum absolute atomic E-state index is 12.0. The number of nitrogens with two attached hydrogens (primary N) is 1. The Labute approximate surface area is 137 Å². The van der Waals surface area contributed by atoms with E-state index in [9.17, 15) is 14.9 Å². The Hall–Kier alpha value is -3.86. The fourth-order valence-electron chi connectivity index (χ4n) is 1.75. The SMILES string of the molecule is N#C/C(=C/Nc1ccc([N+](=O)[O-])cc1)C(=O)Nc1ccc(N)cc1. The van der Waals surface area contributed by atoms with Gasteiger partial charge < -0.3 is 16.4 Å². The van der Waals surface area contributed by atoms with Gasteiger partial charge in [0.2, 0.25) is 0 Å². The van der Waals surface area contributed by atoms with Crippen LogP contribution >= 0.6 is 0 Å². The molecule has 2 aromatic carbocycles. The van der Waals surface area contributed by atoms with Gasteiger partial charge in [-0.1, -0.05) is 0 Å². The molecule has 0 saturated heterocycles. The highest BCUT2D eigenvalue weighted by Gasteiger charge is 2.09. The lowest BCUT2D eigenvalue weighted by atomic mass is 10.2. The Balaban J connectivity index is 2.05. The van der Waals surface area contributed by atoms with Crippen LogP contribution in [0.5, 0.6) is 0 Å². The highest BCUT2D eigenvalue weighted by Crippen LogP contribution is 2.16. The molecule has 0 aliphatic carbocycles. The molecule has 2 aromatic rings. The van der Waals surface area contributed by atoms with E-state index in [-0.39, 0.29) is 11.3 Å². The normalized spacial score (nSPS) is 10.5. The van der Waals surface area contributed by atoms with E-state index in [4.69, 9.17) is 11.0 Å². The summed E-state index contributed by atoms with van der Waals surface area (Å²) in [6, 6.07) is 13.9. The number of rotatable bonds is 5. The van der Waals surface area contributed by atoms with Crippen molar-refractivity contribution < 1.29 is 9.72 Å². The minimum atomic E-state index is -0.586. The number of nitrogens with one attached hydrogen (secondary N) is 2. The van der Waals surface area contributed by atoms with E-state index in [1.165, 1.54) is 30.5 Å². The van der Waals surface area contributed by atoms with Crippen LogP contribution in [0.3, 0.4) is 0 Å². The van der Waals surface area contributed by atoms with Crippen molar-refractivity contribution in [2.24, 2.45) is 0 Å².